The molecule has 1 fully saturated rings. The third kappa shape index (κ3) is 4.87. The molecule has 2 amide bonds. The molecule has 0 heterocycles. The van der Waals surface area contributed by atoms with Gasteiger partial charge in [-0.15, -0.1) is 0 Å². The zero-order chi connectivity index (χ0) is 23.5. The third-order valence-corrected chi connectivity index (χ3v) is 6.98. The Labute approximate surface area is 193 Å². The second-order valence-corrected chi connectivity index (χ2v) is 9.10. The zero-order valence-corrected chi connectivity index (χ0v) is 18.9. The first-order valence-electron chi connectivity index (χ1n) is 11.5. The molecule has 0 saturated heterocycles. The quantitative estimate of drug-likeness (QED) is 0.593. The number of aliphatic carboxylic acids is 1. The Kier molecular flexibility index (Phi) is 6.67. The van der Waals surface area contributed by atoms with Crippen LogP contribution < -0.4 is 10.6 Å². The molecule has 2 aromatic carbocycles. The molecule has 0 spiro atoms. The second-order valence-electron chi connectivity index (χ2n) is 9.10. The second kappa shape index (κ2) is 9.65. The van der Waals surface area contributed by atoms with Crippen molar-refractivity contribution < 1.29 is 24.2 Å². The van der Waals surface area contributed by atoms with E-state index in [1.54, 1.807) is 13.8 Å². The van der Waals surface area contributed by atoms with Gasteiger partial charge in [-0.05, 0) is 48.4 Å². The van der Waals surface area contributed by atoms with E-state index in [2.05, 4.69) is 34.9 Å². The van der Waals surface area contributed by atoms with E-state index in [0.29, 0.717) is 19.3 Å². The van der Waals surface area contributed by atoms with Gasteiger partial charge in [-0.2, -0.15) is 0 Å². The summed E-state index contributed by atoms with van der Waals surface area (Å²) >= 11 is 0. The summed E-state index contributed by atoms with van der Waals surface area (Å²) in [6, 6.07) is 15.7. The van der Waals surface area contributed by atoms with Crippen LogP contribution in [0.3, 0.4) is 0 Å². The molecule has 0 aliphatic heterocycles. The Balaban J connectivity index is 1.29. The first kappa shape index (κ1) is 22.8. The highest BCUT2D eigenvalue weighted by Crippen LogP contribution is 2.44. The normalized spacial score (nSPS) is 20.9. The average Bonchev–Trinajstić information content (AvgIpc) is 3.40. The molecule has 7 nitrogen and oxygen atoms in total. The van der Waals surface area contributed by atoms with E-state index in [9.17, 15) is 14.4 Å². The largest absolute Gasteiger partial charge is 0.481 e. The molecule has 0 bridgehead atoms. The molecular weight excluding hydrogens is 420 g/mol. The molecule has 0 aromatic heterocycles. The molecule has 3 N–H and O–H groups in total. The van der Waals surface area contributed by atoms with E-state index in [1.165, 1.54) is 0 Å². The molecule has 174 valence electrons. The van der Waals surface area contributed by atoms with Gasteiger partial charge < -0.3 is 20.5 Å². The molecular formula is C26H30N2O5. The van der Waals surface area contributed by atoms with Crippen molar-refractivity contribution in [1.29, 1.82) is 0 Å². The van der Waals surface area contributed by atoms with Crippen LogP contribution in [0.2, 0.25) is 0 Å². The van der Waals surface area contributed by atoms with Crippen molar-refractivity contribution in [2.45, 2.75) is 51.1 Å². The lowest BCUT2D eigenvalue weighted by Gasteiger charge is -2.23. The summed E-state index contributed by atoms with van der Waals surface area (Å²) in [5, 5.41) is 14.8. The van der Waals surface area contributed by atoms with E-state index in [0.717, 1.165) is 22.3 Å². The van der Waals surface area contributed by atoms with Crippen LogP contribution in [0.5, 0.6) is 0 Å². The van der Waals surface area contributed by atoms with Crippen LogP contribution in [0.4, 0.5) is 4.79 Å². The van der Waals surface area contributed by atoms with Gasteiger partial charge in [0.2, 0.25) is 5.91 Å². The predicted molar refractivity (Wildman–Crippen MR) is 124 cm³/mol. The van der Waals surface area contributed by atoms with Crippen LogP contribution in [0.25, 0.3) is 11.1 Å². The molecule has 4 atom stereocenters. The van der Waals surface area contributed by atoms with Crippen LogP contribution in [0.1, 0.15) is 50.2 Å². The van der Waals surface area contributed by atoms with Crippen LogP contribution in [0, 0.1) is 11.8 Å². The van der Waals surface area contributed by atoms with Gasteiger partial charge in [0.1, 0.15) is 6.61 Å². The molecule has 33 heavy (non-hydrogen) atoms. The van der Waals surface area contributed by atoms with E-state index in [-0.39, 0.29) is 24.5 Å². The van der Waals surface area contributed by atoms with E-state index >= 15 is 0 Å². The van der Waals surface area contributed by atoms with Gasteiger partial charge in [0.15, 0.2) is 0 Å². The van der Waals surface area contributed by atoms with Crippen molar-refractivity contribution in [2.24, 2.45) is 11.8 Å². The van der Waals surface area contributed by atoms with Crippen molar-refractivity contribution in [3.8, 4) is 11.1 Å². The number of nitrogens with one attached hydrogen (secondary N) is 2. The highest BCUT2D eigenvalue weighted by molar-refractivity contribution is 5.81. The Morgan fingerprint density at radius 3 is 2.18 bits per heavy atom. The number of carbonyl (C=O) groups is 3. The highest BCUT2D eigenvalue weighted by Gasteiger charge is 2.33. The van der Waals surface area contributed by atoms with Gasteiger partial charge in [0.25, 0.3) is 0 Å². The maximum Gasteiger partial charge on any atom is 0.407 e. The standard InChI is InChI=1S/C26H30N2O5/c1-15(24(29)28-18-12-11-17(13-18)25(30)31)16(2)27-26(32)33-14-23-21-9-5-3-7-19(21)20-8-4-6-10-22(20)23/h3-10,15-18,23H,11-14H2,1-2H3,(H,27,32)(H,28,29)(H,30,31). The minimum Gasteiger partial charge on any atom is -0.481 e. The summed E-state index contributed by atoms with van der Waals surface area (Å²) in [4.78, 5) is 36.2. The molecule has 4 rings (SSSR count). The Bertz CT molecular complexity index is 1010. The molecule has 2 aromatic rings. The minimum absolute atomic E-state index is 0.0243. The van der Waals surface area contributed by atoms with Crippen molar-refractivity contribution in [2.75, 3.05) is 6.61 Å². The Morgan fingerprint density at radius 2 is 1.61 bits per heavy atom. The Morgan fingerprint density at radius 1 is 1.00 bits per heavy atom. The SMILES string of the molecule is CC(NC(=O)OCC1c2ccccc2-c2ccccc21)C(C)C(=O)NC1CCC(C(=O)O)C1. The number of fused-ring (bicyclic) bond motifs is 3. The fraction of sp³-hybridized carbons (Fsp3) is 0.423. The van der Waals surface area contributed by atoms with E-state index in [1.807, 2.05) is 24.3 Å². The highest BCUT2D eigenvalue weighted by atomic mass is 16.5. The molecule has 7 heteroatoms. The molecule has 4 unspecified atom stereocenters. The van der Waals surface area contributed by atoms with Crippen molar-refractivity contribution >= 4 is 18.0 Å². The first-order valence-corrected chi connectivity index (χ1v) is 11.5. The Hall–Kier alpha value is -3.35. The maximum absolute atomic E-state index is 12.6. The average molecular weight is 451 g/mol. The zero-order valence-electron chi connectivity index (χ0n) is 18.9. The summed E-state index contributed by atoms with van der Waals surface area (Å²) in [6.07, 6.45) is 1.11. The first-order chi connectivity index (χ1) is 15.8. The van der Waals surface area contributed by atoms with Crippen LogP contribution in [-0.2, 0) is 14.3 Å². The van der Waals surface area contributed by atoms with Gasteiger partial charge in [-0.25, -0.2) is 4.79 Å². The van der Waals surface area contributed by atoms with E-state index < -0.39 is 29.9 Å². The van der Waals surface area contributed by atoms with E-state index in [4.69, 9.17) is 9.84 Å². The lowest BCUT2D eigenvalue weighted by Crippen LogP contribution is -2.46. The van der Waals surface area contributed by atoms with Crippen molar-refractivity contribution in [3.05, 3.63) is 59.7 Å². The lowest BCUT2D eigenvalue weighted by atomic mass is 9.98. The number of carboxylic acids is 1. The topological polar surface area (TPSA) is 105 Å². The van der Waals surface area contributed by atoms with Crippen LogP contribution in [-0.4, -0.2) is 41.8 Å². The molecule has 2 aliphatic rings. The van der Waals surface area contributed by atoms with Gasteiger partial charge in [0.05, 0.1) is 11.8 Å². The summed E-state index contributed by atoms with van der Waals surface area (Å²) in [5.74, 6) is -1.91. The smallest absolute Gasteiger partial charge is 0.407 e. The van der Waals surface area contributed by atoms with Crippen molar-refractivity contribution in [3.63, 3.8) is 0 Å². The minimum atomic E-state index is -0.815. The predicted octanol–water partition coefficient (Wildman–Crippen LogP) is 3.92. The number of benzene rings is 2. The maximum atomic E-state index is 12.6. The van der Waals surface area contributed by atoms with Crippen LogP contribution >= 0.6 is 0 Å². The molecule has 2 aliphatic carbocycles. The summed E-state index contributed by atoms with van der Waals surface area (Å²) in [5.41, 5.74) is 4.61. The van der Waals surface area contributed by atoms with Gasteiger partial charge in [0, 0.05) is 18.0 Å². The number of ether oxygens (including phenoxy) is 1. The fourth-order valence-electron chi connectivity index (χ4n) is 4.85. The number of carboxylic acid groups (broad SMARTS) is 1. The summed E-state index contributed by atoms with van der Waals surface area (Å²) in [7, 11) is 0. The number of hydrogen-bond donors (Lipinski definition) is 3. The van der Waals surface area contributed by atoms with Gasteiger partial charge in [-0.1, -0.05) is 55.5 Å². The van der Waals surface area contributed by atoms with Gasteiger partial charge >= 0.3 is 12.1 Å². The number of hydrogen-bond acceptors (Lipinski definition) is 4. The van der Waals surface area contributed by atoms with Gasteiger partial charge in [-0.3, -0.25) is 9.59 Å². The number of rotatable bonds is 7. The fourth-order valence-corrected chi connectivity index (χ4v) is 4.85. The monoisotopic (exact) mass is 450 g/mol. The van der Waals surface area contributed by atoms with Crippen LogP contribution in [0.15, 0.2) is 48.5 Å². The number of alkyl carbamates (subject to hydrolysis) is 1. The molecule has 0 radical (unpaired) electrons. The molecule has 1 saturated carbocycles. The summed E-state index contributed by atoms with van der Waals surface area (Å²) < 4.78 is 5.57. The summed E-state index contributed by atoms with van der Waals surface area (Å²) in [6.45, 7) is 3.72. The number of amides is 2. The third-order valence-electron chi connectivity index (χ3n) is 6.98. The van der Waals surface area contributed by atoms with Crippen molar-refractivity contribution in [1.82, 2.24) is 10.6 Å². The number of carbonyl (C=O) groups excluding carboxylic acids is 2. The lowest BCUT2D eigenvalue weighted by molar-refractivity contribution is -0.141.